The van der Waals surface area contributed by atoms with Crippen molar-refractivity contribution in [2.45, 2.75) is 24.6 Å². The Bertz CT molecular complexity index is 1150. The standard InChI is InChI=1S/C21H23N3O4S/c1-21(20(25)23-26,29(2,27)28)12-13-24-15-18-14-17(10-11-19(18)22-24)9-8-16-6-4-3-5-7-16/h3-11,14-15,26H,12-13H2,1-2H3,(H,23,25)/b9-8+. The summed E-state index contributed by atoms with van der Waals surface area (Å²) in [4.78, 5) is 11.9. The quantitative estimate of drug-likeness (QED) is 0.352. The Kier molecular flexibility index (Phi) is 5.86. The van der Waals surface area contributed by atoms with Gasteiger partial charge >= 0.3 is 0 Å². The summed E-state index contributed by atoms with van der Waals surface area (Å²) < 4.78 is 24.0. The SMILES string of the molecule is CC(CCn1cc2cc(/C=C/c3ccccc3)ccc2n1)(C(=O)NO)S(C)(=O)=O. The van der Waals surface area contributed by atoms with Crippen LogP contribution in [0, 0.1) is 0 Å². The van der Waals surface area contributed by atoms with E-state index in [1.54, 1.807) is 4.68 Å². The third-order valence-corrected chi connectivity index (χ3v) is 7.09. The van der Waals surface area contributed by atoms with Crippen molar-refractivity contribution in [2.75, 3.05) is 6.26 Å². The smallest absolute Gasteiger partial charge is 0.264 e. The molecule has 0 aliphatic rings. The van der Waals surface area contributed by atoms with E-state index in [1.165, 1.54) is 12.4 Å². The van der Waals surface area contributed by atoms with Gasteiger partial charge in [-0.05, 0) is 36.6 Å². The number of nitrogens with zero attached hydrogens (tertiary/aromatic N) is 2. The summed E-state index contributed by atoms with van der Waals surface area (Å²) in [7, 11) is -3.74. The first-order valence-corrected chi connectivity index (χ1v) is 11.0. The molecule has 0 fully saturated rings. The molecule has 1 amide bonds. The number of sulfone groups is 1. The molecular formula is C21H23N3O4S. The van der Waals surface area contributed by atoms with E-state index < -0.39 is 20.5 Å². The van der Waals surface area contributed by atoms with Crippen LogP contribution in [0.3, 0.4) is 0 Å². The summed E-state index contributed by atoms with van der Waals surface area (Å²) in [6.45, 7) is 1.50. The van der Waals surface area contributed by atoms with Crippen molar-refractivity contribution in [3.63, 3.8) is 0 Å². The van der Waals surface area contributed by atoms with E-state index in [-0.39, 0.29) is 13.0 Å². The van der Waals surface area contributed by atoms with Gasteiger partial charge in [0, 0.05) is 24.4 Å². The topological polar surface area (TPSA) is 101 Å². The van der Waals surface area contributed by atoms with Gasteiger partial charge in [-0.15, -0.1) is 0 Å². The fourth-order valence-corrected chi connectivity index (χ4v) is 3.83. The number of fused-ring (bicyclic) bond motifs is 1. The van der Waals surface area contributed by atoms with E-state index in [2.05, 4.69) is 5.10 Å². The Hall–Kier alpha value is -2.97. The molecule has 1 atom stereocenters. The van der Waals surface area contributed by atoms with Crippen LogP contribution in [0.15, 0.2) is 54.7 Å². The molecule has 2 N–H and O–H groups in total. The van der Waals surface area contributed by atoms with Gasteiger partial charge in [-0.25, -0.2) is 13.9 Å². The first kappa shape index (κ1) is 20.8. The van der Waals surface area contributed by atoms with Gasteiger partial charge in [0.05, 0.1) is 5.52 Å². The van der Waals surface area contributed by atoms with Crippen LogP contribution < -0.4 is 5.48 Å². The summed E-state index contributed by atoms with van der Waals surface area (Å²) in [6, 6.07) is 15.8. The lowest BCUT2D eigenvalue weighted by molar-refractivity contribution is -0.131. The number of rotatable bonds is 7. The van der Waals surface area contributed by atoms with E-state index in [1.807, 2.05) is 66.9 Å². The van der Waals surface area contributed by atoms with Crippen molar-refractivity contribution in [1.29, 1.82) is 0 Å². The fraction of sp³-hybridized carbons (Fsp3) is 0.238. The number of hydroxylamine groups is 1. The van der Waals surface area contributed by atoms with Crippen LogP contribution in [0.4, 0.5) is 0 Å². The third kappa shape index (κ3) is 4.55. The molecule has 7 nitrogen and oxygen atoms in total. The lowest BCUT2D eigenvalue weighted by atomic mass is 10.1. The van der Waals surface area contributed by atoms with Crippen LogP contribution in [0.25, 0.3) is 23.1 Å². The van der Waals surface area contributed by atoms with Crippen molar-refractivity contribution in [2.24, 2.45) is 0 Å². The number of hydrogen-bond donors (Lipinski definition) is 2. The third-order valence-electron chi connectivity index (χ3n) is 5.06. The van der Waals surface area contributed by atoms with Crippen molar-refractivity contribution < 1.29 is 18.4 Å². The number of aryl methyl sites for hydroxylation is 1. The Labute approximate surface area is 169 Å². The number of hydrogen-bond acceptors (Lipinski definition) is 5. The van der Waals surface area contributed by atoms with Gasteiger partial charge in [-0.1, -0.05) is 48.6 Å². The molecule has 0 bridgehead atoms. The lowest BCUT2D eigenvalue weighted by Gasteiger charge is -2.24. The highest BCUT2D eigenvalue weighted by Crippen LogP contribution is 2.23. The molecule has 0 aliphatic carbocycles. The molecule has 152 valence electrons. The molecule has 0 aliphatic heterocycles. The van der Waals surface area contributed by atoms with E-state index in [0.29, 0.717) is 0 Å². The second-order valence-corrected chi connectivity index (χ2v) is 9.59. The molecule has 2 aromatic carbocycles. The van der Waals surface area contributed by atoms with Gasteiger partial charge in [-0.3, -0.25) is 14.7 Å². The van der Waals surface area contributed by atoms with Gasteiger partial charge in [-0.2, -0.15) is 5.10 Å². The zero-order chi connectivity index (χ0) is 21.1. The highest BCUT2D eigenvalue weighted by Gasteiger charge is 2.43. The second-order valence-electron chi connectivity index (χ2n) is 7.15. The van der Waals surface area contributed by atoms with Crippen LogP contribution in [-0.4, -0.2) is 40.3 Å². The maximum absolute atomic E-state index is 12.1. The molecule has 8 heteroatoms. The summed E-state index contributed by atoms with van der Waals surface area (Å²) in [5, 5.41) is 14.3. The average molecular weight is 413 g/mol. The minimum atomic E-state index is -3.74. The van der Waals surface area contributed by atoms with Gasteiger partial charge in [0.1, 0.15) is 0 Å². The summed E-state index contributed by atoms with van der Waals surface area (Å²) in [5.41, 5.74) is 4.34. The maximum atomic E-state index is 12.1. The largest absolute Gasteiger partial charge is 0.289 e. The zero-order valence-electron chi connectivity index (χ0n) is 16.2. The predicted molar refractivity (Wildman–Crippen MR) is 113 cm³/mol. The highest BCUT2D eigenvalue weighted by molar-refractivity contribution is 7.92. The predicted octanol–water partition coefficient (Wildman–Crippen LogP) is 2.91. The summed E-state index contributed by atoms with van der Waals surface area (Å²) in [6.07, 6.45) is 6.81. The molecule has 0 spiro atoms. The Balaban J connectivity index is 1.79. The van der Waals surface area contributed by atoms with Crippen molar-refractivity contribution >= 4 is 38.8 Å². The molecule has 3 rings (SSSR count). The van der Waals surface area contributed by atoms with Crippen molar-refractivity contribution in [3.05, 3.63) is 65.9 Å². The minimum absolute atomic E-state index is 0.0209. The monoisotopic (exact) mass is 413 g/mol. The van der Waals surface area contributed by atoms with E-state index >= 15 is 0 Å². The van der Waals surface area contributed by atoms with Gasteiger partial charge in [0.2, 0.25) is 0 Å². The van der Waals surface area contributed by atoms with Gasteiger partial charge in [0.15, 0.2) is 14.6 Å². The molecule has 1 heterocycles. The van der Waals surface area contributed by atoms with E-state index in [0.717, 1.165) is 28.3 Å². The Morgan fingerprint density at radius 3 is 2.52 bits per heavy atom. The molecule has 0 radical (unpaired) electrons. The lowest BCUT2D eigenvalue weighted by Crippen LogP contribution is -2.49. The summed E-state index contributed by atoms with van der Waals surface area (Å²) >= 11 is 0. The number of nitrogens with one attached hydrogen (secondary N) is 1. The molecule has 0 saturated carbocycles. The Morgan fingerprint density at radius 1 is 1.17 bits per heavy atom. The fourth-order valence-electron chi connectivity index (χ4n) is 2.98. The van der Waals surface area contributed by atoms with Crippen LogP contribution >= 0.6 is 0 Å². The first-order valence-electron chi connectivity index (χ1n) is 9.07. The molecule has 1 unspecified atom stereocenters. The van der Waals surface area contributed by atoms with Crippen LogP contribution in [0.2, 0.25) is 0 Å². The molecular weight excluding hydrogens is 390 g/mol. The van der Waals surface area contributed by atoms with E-state index in [9.17, 15) is 13.2 Å². The summed E-state index contributed by atoms with van der Waals surface area (Å²) in [5.74, 6) is -0.954. The van der Waals surface area contributed by atoms with Crippen LogP contribution in [0.5, 0.6) is 0 Å². The van der Waals surface area contributed by atoms with Gasteiger partial charge < -0.3 is 0 Å². The van der Waals surface area contributed by atoms with E-state index in [4.69, 9.17) is 5.21 Å². The molecule has 3 aromatic rings. The van der Waals surface area contributed by atoms with Crippen molar-refractivity contribution in [3.8, 4) is 0 Å². The zero-order valence-corrected chi connectivity index (χ0v) is 17.1. The average Bonchev–Trinajstić information content (AvgIpc) is 3.12. The maximum Gasteiger partial charge on any atom is 0.264 e. The number of amides is 1. The first-order chi connectivity index (χ1) is 13.7. The number of carbonyl (C=O) groups is 1. The van der Waals surface area contributed by atoms with Crippen LogP contribution in [0.1, 0.15) is 24.5 Å². The number of aromatic nitrogens is 2. The van der Waals surface area contributed by atoms with Crippen LogP contribution in [-0.2, 0) is 21.2 Å². The Morgan fingerprint density at radius 2 is 1.86 bits per heavy atom. The van der Waals surface area contributed by atoms with Gasteiger partial charge in [0.25, 0.3) is 5.91 Å². The highest BCUT2D eigenvalue weighted by atomic mass is 32.2. The molecule has 0 saturated heterocycles. The number of benzene rings is 2. The van der Waals surface area contributed by atoms with Crippen molar-refractivity contribution in [1.82, 2.24) is 15.3 Å². The second kappa shape index (κ2) is 8.18. The normalized spacial score (nSPS) is 14.2. The number of carbonyl (C=O) groups excluding carboxylic acids is 1. The molecule has 1 aromatic heterocycles. The minimum Gasteiger partial charge on any atom is -0.289 e. The molecule has 29 heavy (non-hydrogen) atoms.